The first kappa shape index (κ1) is 15.8. The van der Waals surface area contributed by atoms with E-state index in [0.29, 0.717) is 12.6 Å². The molecule has 120 valence electrons. The Morgan fingerprint density at radius 1 is 0.913 bits per heavy atom. The Labute approximate surface area is 139 Å². The van der Waals surface area contributed by atoms with Crippen molar-refractivity contribution in [3.63, 3.8) is 0 Å². The zero-order valence-corrected chi connectivity index (χ0v) is 13.8. The summed E-state index contributed by atoms with van der Waals surface area (Å²) in [6, 6.07) is 20.4. The van der Waals surface area contributed by atoms with Crippen LogP contribution in [-0.2, 0) is 6.54 Å². The highest BCUT2D eigenvalue weighted by molar-refractivity contribution is 5.94. The predicted molar refractivity (Wildman–Crippen MR) is 94.2 cm³/mol. The van der Waals surface area contributed by atoms with Gasteiger partial charge in [-0.15, -0.1) is 0 Å². The van der Waals surface area contributed by atoms with Gasteiger partial charge in [0.15, 0.2) is 0 Å². The van der Waals surface area contributed by atoms with Crippen LogP contribution in [0.25, 0.3) is 0 Å². The number of carbonyl (C=O) groups excluding carboxylic acids is 1. The van der Waals surface area contributed by atoms with Crippen molar-refractivity contribution >= 4 is 5.91 Å². The molecule has 0 aliphatic heterocycles. The third-order valence-corrected chi connectivity index (χ3v) is 4.90. The molecule has 1 aliphatic rings. The van der Waals surface area contributed by atoms with Crippen LogP contribution < -0.4 is 0 Å². The van der Waals surface area contributed by atoms with Crippen molar-refractivity contribution in [3.05, 3.63) is 71.8 Å². The van der Waals surface area contributed by atoms with Gasteiger partial charge < -0.3 is 4.90 Å². The average molecular weight is 307 g/mol. The van der Waals surface area contributed by atoms with E-state index in [2.05, 4.69) is 24.0 Å². The smallest absolute Gasteiger partial charge is 0.254 e. The average Bonchev–Trinajstić information content (AvgIpc) is 2.62. The zero-order valence-electron chi connectivity index (χ0n) is 13.8. The van der Waals surface area contributed by atoms with E-state index >= 15 is 0 Å². The van der Waals surface area contributed by atoms with Crippen LogP contribution >= 0.6 is 0 Å². The topological polar surface area (TPSA) is 20.3 Å². The number of hydrogen-bond donors (Lipinski definition) is 0. The lowest BCUT2D eigenvalue weighted by molar-refractivity contribution is 0.0593. The molecule has 2 heteroatoms. The van der Waals surface area contributed by atoms with Gasteiger partial charge in [0.2, 0.25) is 0 Å². The molecule has 1 aliphatic carbocycles. The maximum absolute atomic E-state index is 13.1. The second-order valence-electron chi connectivity index (χ2n) is 6.70. The van der Waals surface area contributed by atoms with Gasteiger partial charge >= 0.3 is 0 Å². The van der Waals surface area contributed by atoms with Gasteiger partial charge in [-0.1, -0.05) is 55.5 Å². The van der Waals surface area contributed by atoms with E-state index in [1.165, 1.54) is 18.4 Å². The molecule has 2 aromatic carbocycles. The summed E-state index contributed by atoms with van der Waals surface area (Å²) in [5.74, 6) is 0.950. The van der Waals surface area contributed by atoms with Gasteiger partial charge in [0.05, 0.1) is 0 Å². The molecule has 2 nitrogen and oxygen atoms in total. The van der Waals surface area contributed by atoms with Crippen molar-refractivity contribution in [2.45, 2.75) is 45.2 Å². The maximum Gasteiger partial charge on any atom is 0.254 e. The molecular weight excluding hydrogens is 282 g/mol. The molecule has 2 aromatic rings. The molecule has 0 saturated heterocycles. The zero-order chi connectivity index (χ0) is 16.1. The fraction of sp³-hybridized carbons (Fsp3) is 0.381. The van der Waals surface area contributed by atoms with Crippen molar-refractivity contribution in [1.29, 1.82) is 0 Å². The lowest BCUT2D eigenvalue weighted by Crippen LogP contribution is -2.41. The van der Waals surface area contributed by atoms with Gasteiger partial charge in [-0.3, -0.25) is 4.79 Å². The van der Waals surface area contributed by atoms with Crippen molar-refractivity contribution in [2.24, 2.45) is 5.92 Å². The summed E-state index contributed by atoms with van der Waals surface area (Å²) in [4.78, 5) is 15.1. The Kier molecular flexibility index (Phi) is 5.12. The summed E-state index contributed by atoms with van der Waals surface area (Å²) in [5, 5.41) is 0. The van der Waals surface area contributed by atoms with E-state index < -0.39 is 0 Å². The van der Waals surface area contributed by atoms with Crippen LogP contribution in [0.2, 0.25) is 0 Å². The molecule has 1 saturated carbocycles. The van der Waals surface area contributed by atoms with Crippen LogP contribution in [0.15, 0.2) is 60.7 Å². The lowest BCUT2D eigenvalue weighted by atomic mass is 9.86. The standard InChI is InChI=1S/C21H25NO/c1-17-12-14-20(15-13-17)22(16-18-8-4-2-5-9-18)21(23)19-10-6-3-7-11-19/h2-11,17,20H,12-16H2,1H3. The molecule has 0 spiro atoms. The third kappa shape index (κ3) is 4.01. The quantitative estimate of drug-likeness (QED) is 0.786. The molecule has 0 unspecified atom stereocenters. The minimum Gasteiger partial charge on any atom is -0.331 e. The van der Waals surface area contributed by atoms with Gasteiger partial charge in [-0.2, -0.15) is 0 Å². The van der Waals surface area contributed by atoms with Crippen LogP contribution in [0, 0.1) is 5.92 Å². The molecule has 0 bridgehead atoms. The van der Waals surface area contributed by atoms with Crippen LogP contribution in [-0.4, -0.2) is 16.8 Å². The fourth-order valence-electron chi connectivity index (χ4n) is 3.45. The minimum atomic E-state index is 0.161. The Hall–Kier alpha value is -2.09. The van der Waals surface area contributed by atoms with Gasteiger partial charge in [-0.25, -0.2) is 0 Å². The Bertz CT molecular complexity index is 615. The first-order valence-electron chi connectivity index (χ1n) is 8.64. The molecule has 1 amide bonds. The second-order valence-corrected chi connectivity index (χ2v) is 6.70. The predicted octanol–water partition coefficient (Wildman–Crippen LogP) is 4.91. The minimum absolute atomic E-state index is 0.161. The fourth-order valence-corrected chi connectivity index (χ4v) is 3.45. The van der Waals surface area contributed by atoms with Gasteiger partial charge in [0.1, 0.15) is 0 Å². The van der Waals surface area contributed by atoms with E-state index in [4.69, 9.17) is 0 Å². The normalized spacial score (nSPS) is 20.9. The SMILES string of the molecule is CC1CCC(N(Cc2ccccc2)C(=O)c2ccccc2)CC1. The van der Waals surface area contributed by atoms with E-state index in [9.17, 15) is 4.79 Å². The van der Waals surface area contributed by atoms with Crippen LogP contribution in [0.3, 0.4) is 0 Å². The van der Waals surface area contributed by atoms with Gasteiger partial charge in [-0.05, 0) is 49.3 Å². The summed E-state index contributed by atoms with van der Waals surface area (Å²) in [6.07, 6.45) is 4.68. The van der Waals surface area contributed by atoms with E-state index in [1.807, 2.05) is 48.5 Å². The van der Waals surface area contributed by atoms with Crippen LogP contribution in [0.1, 0.15) is 48.5 Å². The summed E-state index contributed by atoms with van der Waals surface area (Å²) in [5.41, 5.74) is 2.00. The number of nitrogens with zero attached hydrogens (tertiary/aromatic N) is 1. The molecule has 0 N–H and O–H groups in total. The van der Waals surface area contributed by atoms with Crippen molar-refractivity contribution in [3.8, 4) is 0 Å². The third-order valence-electron chi connectivity index (χ3n) is 4.90. The van der Waals surface area contributed by atoms with Crippen LogP contribution in [0.4, 0.5) is 0 Å². The van der Waals surface area contributed by atoms with Crippen molar-refractivity contribution < 1.29 is 4.79 Å². The first-order chi connectivity index (χ1) is 11.2. The summed E-state index contributed by atoms with van der Waals surface area (Å²) < 4.78 is 0. The number of hydrogen-bond acceptors (Lipinski definition) is 1. The first-order valence-corrected chi connectivity index (χ1v) is 8.64. The van der Waals surface area contributed by atoms with Crippen molar-refractivity contribution in [1.82, 2.24) is 4.90 Å². The van der Waals surface area contributed by atoms with E-state index in [0.717, 1.165) is 24.3 Å². The molecule has 3 rings (SSSR count). The molecule has 0 atom stereocenters. The Morgan fingerprint density at radius 3 is 2.09 bits per heavy atom. The second kappa shape index (κ2) is 7.45. The maximum atomic E-state index is 13.1. The van der Waals surface area contributed by atoms with Crippen LogP contribution in [0.5, 0.6) is 0 Å². The van der Waals surface area contributed by atoms with Gasteiger partial charge in [0.25, 0.3) is 5.91 Å². The molecule has 0 aromatic heterocycles. The summed E-state index contributed by atoms with van der Waals surface area (Å²) in [6.45, 7) is 3.02. The molecule has 1 fully saturated rings. The molecule has 0 radical (unpaired) electrons. The molecular formula is C21H25NO. The number of rotatable bonds is 4. The molecule has 23 heavy (non-hydrogen) atoms. The van der Waals surface area contributed by atoms with Crippen molar-refractivity contribution in [2.75, 3.05) is 0 Å². The monoisotopic (exact) mass is 307 g/mol. The highest BCUT2D eigenvalue weighted by atomic mass is 16.2. The Morgan fingerprint density at radius 2 is 1.48 bits per heavy atom. The van der Waals surface area contributed by atoms with E-state index in [1.54, 1.807) is 0 Å². The number of benzene rings is 2. The largest absolute Gasteiger partial charge is 0.331 e. The van der Waals surface area contributed by atoms with Gasteiger partial charge in [0, 0.05) is 18.2 Å². The summed E-state index contributed by atoms with van der Waals surface area (Å²) >= 11 is 0. The molecule has 0 heterocycles. The Balaban J connectivity index is 1.82. The summed E-state index contributed by atoms with van der Waals surface area (Å²) in [7, 11) is 0. The van der Waals surface area contributed by atoms with E-state index in [-0.39, 0.29) is 5.91 Å². The highest BCUT2D eigenvalue weighted by Crippen LogP contribution is 2.29. The highest BCUT2D eigenvalue weighted by Gasteiger charge is 2.28. The number of carbonyl (C=O) groups is 1. The lowest BCUT2D eigenvalue weighted by Gasteiger charge is -2.36. The number of amides is 1.